The Morgan fingerprint density at radius 3 is 2.67 bits per heavy atom. The third kappa shape index (κ3) is 3.42. The Labute approximate surface area is 179 Å². The summed E-state index contributed by atoms with van der Waals surface area (Å²) in [7, 11) is 0. The summed E-state index contributed by atoms with van der Waals surface area (Å²) in [6.07, 6.45) is 3.23. The van der Waals surface area contributed by atoms with E-state index in [4.69, 9.17) is 16.0 Å². The van der Waals surface area contributed by atoms with E-state index in [1.165, 1.54) is 17.9 Å². The van der Waals surface area contributed by atoms with Gasteiger partial charge in [-0.2, -0.15) is 0 Å². The van der Waals surface area contributed by atoms with Crippen LogP contribution in [0.2, 0.25) is 5.02 Å². The fourth-order valence-corrected chi connectivity index (χ4v) is 5.03. The maximum atomic E-state index is 14.2. The van der Waals surface area contributed by atoms with Crippen LogP contribution in [0.3, 0.4) is 0 Å². The van der Waals surface area contributed by atoms with Crippen molar-refractivity contribution in [1.29, 1.82) is 0 Å². The normalized spacial score (nSPS) is 18.0. The first-order chi connectivity index (χ1) is 14.5. The predicted molar refractivity (Wildman–Crippen MR) is 114 cm³/mol. The molecule has 0 radical (unpaired) electrons. The minimum absolute atomic E-state index is 0.175. The number of likely N-dealkylation sites (tertiary alicyclic amines) is 1. The Hall–Kier alpha value is -2.63. The van der Waals surface area contributed by atoms with Crippen LogP contribution >= 0.6 is 11.6 Å². The lowest BCUT2D eigenvalue weighted by molar-refractivity contribution is 0.0949. The van der Waals surface area contributed by atoms with Gasteiger partial charge in [0, 0.05) is 29.2 Å². The highest BCUT2D eigenvalue weighted by atomic mass is 35.5. The van der Waals surface area contributed by atoms with E-state index in [0.717, 1.165) is 48.7 Å². The summed E-state index contributed by atoms with van der Waals surface area (Å²) in [6, 6.07) is 16.1. The third-order valence-electron chi connectivity index (χ3n) is 6.37. The largest absolute Gasteiger partial charge is 0.459 e. The fourth-order valence-electron chi connectivity index (χ4n) is 4.82. The van der Waals surface area contributed by atoms with Gasteiger partial charge < -0.3 is 9.32 Å². The molecule has 1 spiro atoms. The van der Waals surface area contributed by atoms with Crippen LogP contribution in [0.1, 0.15) is 34.5 Å². The van der Waals surface area contributed by atoms with Crippen molar-refractivity contribution in [3.8, 4) is 0 Å². The topological polar surface area (TPSA) is 36.7 Å². The highest BCUT2D eigenvalue weighted by molar-refractivity contribution is 6.30. The molecule has 0 bridgehead atoms. The summed E-state index contributed by atoms with van der Waals surface area (Å²) in [6.45, 7) is 3.15. The molecule has 2 aliphatic heterocycles. The zero-order valence-electron chi connectivity index (χ0n) is 16.5. The zero-order valence-corrected chi connectivity index (χ0v) is 17.2. The maximum Gasteiger partial charge on any atom is 0.293 e. The highest BCUT2D eigenvalue weighted by Crippen LogP contribution is 2.47. The van der Waals surface area contributed by atoms with Gasteiger partial charge in [-0.3, -0.25) is 9.69 Å². The van der Waals surface area contributed by atoms with Crippen LogP contribution in [0.4, 0.5) is 10.1 Å². The first kappa shape index (κ1) is 19.3. The number of benzene rings is 2. The van der Waals surface area contributed by atoms with Crippen molar-refractivity contribution in [2.45, 2.75) is 24.8 Å². The Kier molecular flexibility index (Phi) is 4.88. The Balaban J connectivity index is 1.38. The number of furan rings is 1. The van der Waals surface area contributed by atoms with Crippen LogP contribution in [0.25, 0.3) is 0 Å². The van der Waals surface area contributed by atoms with E-state index in [9.17, 15) is 9.18 Å². The molecule has 4 nitrogen and oxygen atoms in total. The maximum absolute atomic E-state index is 14.2. The van der Waals surface area contributed by atoms with Crippen LogP contribution in [0, 0.1) is 5.82 Å². The molecule has 5 rings (SSSR count). The fraction of sp³-hybridized carbons (Fsp3) is 0.292. The van der Waals surface area contributed by atoms with E-state index in [1.54, 1.807) is 29.2 Å². The molecule has 0 atom stereocenters. The number of anilines is 1. The van der Waals surface area contributed by atoms with Gasteiger partial charge in [0.05, 0.1) is 6.26 Å². The highest BCUT2D eigenvalue weighted by Gasteiger charge is 2.47. The van der Waals surface area contributed by atoms with E-state index in [1.807, 2.05) is 18.2 Å². The third-order valence-corrected chi connectivity index (χ3v) is 6.60. The predicted octanol–water partition coefficient (Wildman–Crippen LogP) is 5.27. The van der Waals surface area contributed by atoms with Gasteiger partial charge in [0.25, 0.3) is 5.91 Å². The molecule has 154 valence electrons. The van der Waals surface area contributed by atoms with E-state index in [2.05, 4.69) is 11.0 Å². The summed E-state index contributed by atoms with van der Waals surface area (Å²) in [5, 5.41) is 0.744. The molecule has 1 fully saturated rings. The number of halogens is 2. The minimum atomic E-state index is -0.262. The molecule has 0 unspecified atom stereocenters. The van der Waals surface area contributed by atoms with Crippen molar-refractivity contribution in [1.82, 2.24) is 4.90 Å². The number of hydrogen-bond acceptors (Lipinski definition) is 3. The smallest absolute Gasteiger partial charge is 0.293 e. The number of rotatable bonds is 3. The van der Waals surface area contributed by atoms with Gasteiger partial charge in [-0.1, -0.05) is 23.7 Å². The molecule has 3 aromatic rings. The number of amides is 1. The van der Waals surface area contributed by atoms with Gasteiger partial charge in [0.2, 0.25) is 0 Å². The average Bonchev–Trinajstić information content (AvgIpc) is 3.37. The minimum Gasteiger partial charge on any atom is -0.459 e. The lowest BCUT2D eigenvalue weighted by Crippen LogP contribution is -2.45. The molecular weight excluding hydrogens is 403 g/mol. The molecule has 2 aliphatic rings. The van der Waals surface area contributed by atoms with Crippen LogP contribution in [0.15, 0.2) is 65.3 Å². The Morgan fingerprint density at radius 2 is 1.93 bits per heavy atom. The average molecular weight is 425 g/mol. The lowest BCUT2D eigenvalue weighted by Gasteiger charge is -2.40. The molecule has 6 heteroatoms. The summed E-state index contributed by atoms with van der Waals surface area (Å²) in [4.78, 5) is 17.2. The van der Waals surface area contributed by atoms with Crippen molar-refractivity contribution in [2.24, 2.45) is 0 Å². The lowest BCUT2D eigenvalue weighted by atomic mass is 9.74. The molecule has 1 aromatic heterocycles. The van der Waals surface area contributed by atoms with Crippen molar-refractivity contribution in [3.05, 3.63) is 88.6 Å². The van der Waals surface area contributed by atoms with E-state index in [0.29, 0.717) is 12.3 Å². The van der Waals surface area contributed by atoms with E-state index >= 15 is 0 Å². The molecule has 0 saturated carbocycles. The SMILES string of the molecule is O=C(c1ccco1)N1CC2(CCN(Cc3cccc(Cl)c3)CC2)c2cc(F)ccc21. The van der Waals surface area contributed by atoms with E-state index < -0.39 is 0 Å². The first-order valence-corrected chi connectivity index (χ1v) is 10.5. The van der Waals surface area contributed by atoms with E-state index in [-0.39, 0.29) is 17.1 Å². The molecule has 1 saturated heterocycles. The first-order valence-electron chi connectivity index (χ1n) is 10.2. The second-order valence-corrected chi connectivity index (χ2v) is 8.65. The molecule has 3 heterocycles. The number of fused-ring (bicyclic) bond motifs is 2. The molecule has 30 heavy (non-hydrogen) atoms. The summed E-state index contributed by atoms with van der Waals surface area (Å²) >= 11 is 6.12. The zero-order chi connectivity index (χ0) is 20.7. The van der Waals surface area contributed by atoms with Crippen LogP contribution < -0.4 is 4.90 Å². The number of nitrogens with zero attached hydrogens (tertiary/aromatic N) is 2. The molecular formula is C24H22ClFN2O2. The molecule has 2 aromatic carbocycles. The number of hydrogen-bond donors (Lipinski definition) is 0. The number of carbonyl (C=O) groups excluding carboxylic acids is 1. The van der Waals surface area contributed by atoms with Crippen LogP contribution in [-0.4, -0.2) is 30.4 Å². The van der Waals surface area contributed by atoms with Gasteiger partial charge in [-0.05, 0) is 79.5 Å². The van der Waals surface area contributed by atoms with Crippen molar-refractivity contribution < 1.29 is 13.6 Å². The van der Waals surface area contributed by atoms with Crippen LogP contribution in [0.5, 0.6) is 0 Å². The van der Waals surface area contributed by atoms with Crippen LogP contribution in [-0.2, 0) is 12.0 Å². The Bertz CT molecular complexity index is 1070. The van der Waals surface area contributed by atoms with Gasteiger partial charge in [-0.25, -0.2) is 4.39 Å². The van der Waals surface area contributed by atoms with Gasteiger partial charge in [0.1, 0.15) is 5.82 Å². The standard InChI is InChI=1S/C24H22ClFN2O2/c25-18-4-1-3-17(13-18)15-27-10-8-24(9-11-27)16-28(23(29)22-5-2-12-30-22)21-7-6-19(26)14-20(21)24/h1-7,12-14H,8-11,15-16H2. The van der Waals surface area contributed by atoms with Gasteiger partial charge >= 0.3 is 0 Å². The summed E-state index contributed by atoms with van der Waals surface area (Å²) in [5.41, 5.74) is 2.68. The van der Waals surface area contributed by atoms with Gasteiger partial charge in [-0.15, -0.1) is 0 Å². The number of carbonyl (C=O) groups is 1. The quantitative estimate of drug-likeness (QED) is 0.575. The van der Waals surface area contributed by atoms with Gasteiger partial charge in [0.15, 0.2) is 5.76 Å². The van der Waals surface area contributed by atoms with Crippen molar-refractivity contribution in [2.75, 3.05) is 24.5 Å². The molecule has 1 amide bonds. The van der Waals surface area contributed by atoms with Crippen molar-refractivity contribution >= 4 is 23.2 Å². The van der Waals surface area contributed by atoms with Crippen molar-refractivity contribution in [3.63, 3.8) is 0 Å². The summed E-state index contributed by atoms with van der Waals surface area (Å²) in [5.74, 6) is -0.131. The molecule has 0 aliphatic carbocycles. The monoisotopic (exact) mass is 424 g/mol. The molecule has 0 N–H and O–H groups in total. The Morgan fingerprint density at radius 1 is 1.10 bits per heavy atom. The number of piperidine rings is 1. The second-order valence-electron chi connectivity index (χ2n) is 8.22. The second kappa shape index (κ2) is 7.56. The summed E-state index contributed by atoms with van der Waals surface area (Å²) < 4.78 is 19.5.